The molecule has 4 aromatic heterocycles. The summed E-state index contributed by atoms with van der Waals surface area (Å²) in [6.07, 6.45) is 25.8. The van der Waals surface area contributed by atoms with Gasteiger partial charge in [0.05, 0.1) is 50.7 Å². The van der Waals surface area contributed by atoms with E-state index in [2.05, 4.69) is 141 Å². The second-order valence-electron chi connectivity index (χ2n) is 39.0. The van der Waals surface area contributed by atoms with Crippen molar-refractivity contribution in [1.82, 2.24) is 40.3 Å². The molecule has 7 N–H and O–H groups in total. The summed E-state index contributed by atoms with van der Waals surface area (Å²) in [5.41, 5.74) is 11.8. The van der Waals surface area contributed by atoms with Gasteiger partial charge in [-0.1, -0.05) is 198 Å². The van der Waals surface area contributed by atoms with E-state index in [1.165, 1.54) is 95.8 Å². The first-order valence-corrected chi connectivity index (χ1v) is 41.8. The summed E-state index contributed by atoms with van der Waals surface area (Å²) in [7, 11) is 1.33. The van der Waals surface area contributed by atoms with E-state index in [0.717, 1.165) is 69.0 Å². The molecule has 1 saturated carbocycles. The Hall–Kier alpha value is -10.1. The van der Waals surface area contributed by atoms with Gasteiger partial charge in [0.2, 0.25) is 17.1 Å². The minimum atomic E-state index is -0.512. The first-order valence-electron chi connectivity index (χ1n) is 41.4. The maximum Gasteiger partial charge on any atom is 0.254 e. The number of aliphatic hydroxyl groups excluding tert-OH is 2. The SMILES string of the molecule is C.C1=C(c2ccncc2)CCOC1.C1=C(c2ccncc2)CCOC1.CC(=O)N(O)C(C)(C)C.CC(C)(C)C1=CC(=O)NC1=O.CC(C)(C)C1=CC(=O)NC1=O.CC(C)(C)C1C(=O)C(O)=C1O.CC(C)(C)n1ccc(=O)c(O)c1.CN(O)C(=O)C(C)(C)C.Cc1ccc(C(C)(C)C)cc1.Cc1ccc(C(C)(C)C)cc1Cl.c1cc(C23CCOCC2C3)ccn1. The number of allylic oxidation sites excluding steroid dienone is 2. The molecule has 0 radical (unpaired) electrons. The Morgan fingerprint density at radius 3 is 1.27 bits per heavy atom. The Morgan fingerprint density at radius 2 is 0.992 bits per heavy atom. The van der Waals surface area contributed by atoms with Crippen molar-refractivity contribution in [2.75, 3.05) is 46.7 Å². The third-order valence-corrected chi connectivity index (χ3v) is 20.4. The molecule has 24 nitrogen and oxygen atoms in total. The number of rotatable bonds is 3. The van der Waals surface area contributed by atoms with Crippen LogP contribution in [0.15, 0.2) is 186 Å². The van der Waals surface area contributed by atoms with Gasteiger partial charge in [0.15, 0.2) is 11.5 Å². The van der Waals surface area contributed by atoms with Crippen molar-refractivity contribution in [2.45, 2.75) is 247 Å². The zero-order chi connectivity index (χ0) is 93.8. The van der Waals surface area contributed by atoms with E-state index < -0.39 is 22.6 Å². The number of pyridine rings is 4. The smallest absolute Gasteiger partial charge is 0.254 e. The highest BCUT2D eigenvalue weighted by Crippen LogP contribution is 2.58. The molecule has 0 spiro atoms. The molecule has 682 valence electrons. The van der Waals surface area contributed by atoms with Gasteiger partial charge in [0.25, 0.3) is 29.5 Å². The summed E-state index contributed by atoms with van der Waals surface area (Å²) in [6.45, 7) is 57.3. The van der Waals surface area contributed by atoms with Crippen LogP contribution in [0.3, 0.4) is 0 Å². The van der Waals surface area contributed by atoms with Crippen molar-refractivity contribution in [3.05, 3.63) is 236 Å². The van der Waals surface area contributed by atoms with Crippen LogP contribution in [0.2, 0.25) is 5.02 Å². The number of imide groups is 2. The molecule has 0 bridgehead atoms. The molecule has 6 aromatic rings. The van der Waals surface area contributed by atoms with Crippen molar-refractivity contribution in [1.29, 1.82) is 0 Å². The lowest BCUT2D eigenvalue weighted by atomic mass is 9.70. The number of Topliss-reactive ketones (excluding diaryl/α,β-unsaturated/α-hetero) is 1. The number of hydrogen-bond donors (Lipinski definition) is 7. The number of ether oxygens (including phenoxy) is 3. The average molecular weight is 1740 g/mol. The lowest BCUT2D eigenvalue weighted by Crippen LogP contribution is -2.41. The molecule has 13 rings (SSSR count). The number of carbonyl (C=O) groups excluding carboxylic acids is 7. The Morgan fingerprint density at radius 1 is 0.565 bits per heavy atom. The lowest BCUT2D eigenvalue weighted by Gasteiger charge is -2.34. The van der Waals surface area contributed by atoms with E-state index in [9.17, 15) is 38.4 Å². The van der Waals surface area contributed by atoms with Crippen molar-refractivity contribution >= 4 is 64.0 Å². The molecular formula is C99H143ClN8O16. The number of aliphatic hydroxyl groups is 2. The van der Waals surface area contributed by atoms with Crippen molar-refractivity contribution < 1.29 is 73.5 Å². The van der Waals surface area contributed by atoms with Crippen molar-refractivity contribution in [2.24, 2.45) is 33.5 Å². The molecule has 2 aromatic carbocycles. The molecule has 1 saturated heterocycles. The van der Waals surface area contributed by atoms with E-state index in [1.54, 1.807) is 52.3 Å². The van der Waals surface area contributed by atoms with Crippen LogP contribution in [0.1, 0.15) is 245 Å². The number of hydrogen-bond acceptors (Lipinski definition) is 19. The van der Waals surface area contributed by atoms with Crippen LogP contribution in [0, 0.1) is 47.3 Å². The quantitative estimate of drug-likeness (QED) is 0.0492. The standard InChI is InChI=1S/C11H15Cl.C11H13NO.C11H16.2C10H11NO.C9H13NO2.2C8H11NO2.C8H12O3.2C6H13NO2.CH4/c1-8-5-6-9(7-10(8)12)11(2,3)4;1-4-12-5-2-9(1)11-3-6-13-8-10(11)7-11;1-9-5-7-10(8-6-9)11(2,3)4;2*1-5-11-6-2-9(1)10-3-7-12-8-4-10;1-9(2,3)10-5-4-7(11)8(12)6-10;2*1-8(2,3)5-4-6(10)9-7(5)11;1-8(2,3)4-5(9)7(11)6(4)10;1-6(2,3)5(8)7(4)9;1-5(8)7(9)6(2,3)4;/h5-7H,1-4H3;1-2,4-5,10H,3,6-8H2;5-8H,1-4H3;2*1-3,5-6H,4,7-8H2;4-6,12H,1-3H3;2*4H,1-3H3,(H,9,10,11);4,9,11H,1-3H3;2*9H,1-4H3;1H4. The first-order chi connectivity index (χ1) is 56.6. The fraction of sp³-hybridized carbons (Fsp3) is 0.505. The fourth-order valence-corrected chi connectivity index (χ4v) is 12.6. The fourth-order valence-electron chi connectivity index (χ4n) is 12.4. The van der Waals surface area contributed by atoms with E-state index in [4.69, 9.17) is 51.5 Å². The summed E-state index contributed by atoms with van der Waals surface area (Å²) in [5.74, 6) is -2.66. The van der Waals surface area contributed by atoms with E-state index in [1.807, 2.05) is 151 Å². The largest absolute Gasteiger partial charge is 0.508 e. The maximum atomic E-state index is 11.0. The van der Waals surface area contributed by atoms with Crippen molar-refractivity contribution in [3.63, 3.8) is 0 Å². The van der Waals surface area contributed by atoms with Crippen LogP contribution in [0.5, 0.6) is 5.75 Å². The van der Waals surface area contributed by atoms with Crippen LogP contribution in [-0.2, 0) is 69.6 Å². The minimum absolute atomic E-state index is 0. The highest BCUT2D eigenvalue weighted by atomic mass is 35.5. The number of halogens is 1. The second-order valence-corrected chi connectivity index (χ2v) is 39.4. The topological polar surface area (TPSA) is 340 Å². The predicted molar refractivity (Wildman–Crippen MR) is 493 cm³/mol. The Kier molecular flexibility index (Phi) is 42.4. The van der Waals surface area contributed by atoms with Crippen LogP contribution in [0.4, 0.5) is 0 Å². The van der Waals surface area contributed by atoms with Gasteiger partial charge in [-0.15, -0.1) is 0 Å². The first kappa shape index (κ1) is 110. The van der Waals surface area contributed by atoms with E-state index >= 15 is 0 Å². The summed E-state index contributed by atoms with van der Waals surface area (Å²) < 4.78 is 17.7. The predicted octanol–water partition coefficient (Wildman–Crippen LogP) is 19.4. The molecule has 6 amide bonds. The number of ketones is 1. The van der Waals surface area contributed by atoms with Crippen molar-refractivity contribution in [3.8, 4) is 5.75 Å². The summed E-state index contributed by atoms with van der Waals surface area (Å²) in [5, 5.41) is 51.2. The molecule has 5 aliphatic heterocycles. The number of amides is 6. The molecule has 3 atom stereocenters. The summed E-state index contributed by atoms with van der Waals surface area (Å²) in [4.78, 5) is 98.6. The van der Waals surface area contributed by atoms with Gasteiger partial charge in [0, 0.05) is 115 Å². The highest BCUT2D eigenvalue weighted by molar-refractivity contribution is 6.31. The highest BCUT2D eigenvalue weighted by Gasteiger charge is 2.56. The number of nitrogens with one attached hydrogen (secondary N) is 2. The average Bonchev–Trinajstić information content (AvgIpc) is 1.56. The molecule has 2 aliphatic carbocycles. The number of carbonyl (C=O) groups is 7. The van der Waals surface area contributed by atoms with Gasteiger partial charge in [-0.2, -0.15) is 0 Å². The minimum Gasteiger partial charge on any atom is -0.508 e. The number of fused-ring (bicyclic) bond motifs is 1. The van der Waals surface area contributed by atoms with Gasteiger partial charge >= 0.3 is 0 Å². The number of nitrogens with zero attached hydrogens (tertiary/aromatic N) is 6. The molecule has 25 heteroatoms. The molecular weight excluding hydrogens is 1590 g/mol. The molecule has 2 fully saturated rings. The van der Waals surface area contributed by atoms with Crippen LogP contribution in [0.25, 0.3) is 11.1 Å². The van der Waals surface area contributed by atoms with E-state index in [0.29, 0.717) is 26.7 Å². The third-order valence-electron chi connectivity index (χ3n) is 20.0. The van der Waals surface area contributed by atoms with Gasteiger partial charge in [-0.25, -0.2) is 10.1 Å². The Labute approximate surface area is 742 Å². The number of benzene rings is 2. The van der Waals surface area contributed by atoms with Gasteiger partial charge in [-0.05, 0) is 201 Å². The summed E-state index contributed by atoms with van der Waals surface area (Å²) >= 11 is 6.02. The maximum absolute atomic E-state index is 11.0. The number of aromatic nitrogens is 4. The summed E-state index contributed by atoms with van der Waals surface area (Å²) in [6, 6.07) is 28.8. The third kappa shape index (κ3) is 37.0. The van der Waals surface area contributed by atoms with Gasteiger partial charge in [0.1, 0.15) is 5.76 Å². The molecule has 124 heavy (non-hydrogen) atoms. The molecule has 3 unspecified atom stereocenters. The normalized spacial score (nSPS) is 17.6. The monoisotopic (exact) mass is 1740 g/mol. The van der Waals surface area contributed by atoms with Crippen LogP contribution < -0.4 is 16.1 Å². The Bertz CT molecular complexity index is 4590. The Balaban J connectivity index is 0.000000463. The number of hydroxylamine groups is 4. The van der Waals surface area contributed by atoms with Crippen LogP contribution in [-0.4, -0.2) is 149 Å². The molecule has 9 heterocycles. The van der Waals surface area contributed by atoms with Gasteiger partial charge in [-0.3, -0.25) is 74.4 Å². The lowest BCUT2D eigenvalue weighted by molar-refractivity contribution is -0.184. The number of aromatic hydroxyl groups is 1. The second kappa shape index (κ2) is 47.9. The van der Waals surface area contributed by atoms with E-state index in [-0.39, 0.29) is 98.2 Å². The zero-order valence-electron chi connectivity index (χ0n) is 78.0. The number of aryl methyl sites for hydroxylation is 2. The van der Waals surface area contributed by atoms with Crippen LogP contribution >= 0.6 is 11.6 Å². The van der Waals surface area contributed by atoms with Gasteiger partial charge < -0.3 is 34.1 Å². The molecule has 7 aliphatic rings. The zero-order valence-corrected chi connectivity index (χ0v) is 78.8.